The minimum absolute atomic E-state index is 0.115. The van der Waals surface area contributed by atoms with Gasteiger partial charge in [0.15, 0.2) is 39.5 Å². The van der Waals surface area contributed by atoms with E-state index in [-0.39, 0.29) is 19.8 Å². The first kappa shape index (κ1) is 32.8. The number of rotatable bonds is 6. The van der Waals surface area contributed by atoms with Crippen LogP contribution < -0.4 is 30.4 Å². The summed E-state index contributed by atoms with van der Waals surface area (Å²) in [5.74, 6) is 2.95. The maximum absolute atomic E-state index is 10.9. The molecule has 4 aromatic carbocycles. The van der Waals surface area contributed by atoms with Crippen molar-refractivity contribution in [1.82, 2.24) is 19.7 Å². The third kappa shape index (κ3) is 6.18. The van der Waals surface area contributed by atoms with E-state index in [1.807, 2.05) is 79.4 Å². The summed E-state index contributed by atoms with van der Waals surface area (Å²) in [5.41, 5.74) is 20.7. The van der Waals surface area contributed by atoms with Gasteiger partial charge in [0.25, 0.3) is 6.23 Å². The van der Waals surface area contributed by atoms with Crippen LogP contribution in [0.3, 0.4) is 0 Å². The second-order valence-electron chi connectivity index (χ2n) is 12.7. The van der Waals surface area contributed by atoms with Gasteiger partial charge in [-0.3, -0.25) is 4.68 Å². The van der Waals surface area contributed by atoms with Crippen molar-refractivity contribution in [1.29, 1.82) is 0 Å². The number of aryl methyl sites for hydroxylation is 1. The molecule has 0 saturated carbocycles. The normalized spacial score (nSPS) is 15.9. The number of aliphatic hydroxyl groups excluding tert-OH is 1. The second kappa shape index (κ2) is 13.2. The van der Waals surface area contributed by atoms with Crippen molar-refractivity contribution >= 4 is 65.8 Å². The van der Waals surface area contributed by atoms with E-state index in [4.69, 9.17) is 30.4 Å². The number of aliphatic imine (C=N–C) groups is 1. The van der Waals surface area contributed by atoms with E-state index < -0.39 is 6.23 Å². The third-order valence-corrected chi connectivity index (χ3v) is 11.0. The summed E-state index contributed by atoms with van der Waals surface area (Å²) in [6.07, 6.45) is 5.18. The first-order valence-electron chi connectivity index (χ1n) is 16.8. The molecule has 7 aromatic rings. The van der Waals surface area contributed by atoms with Crippen molar-refractivity contribution in [2.75, 3.05) is 25.1 Å². The van der Waals surface area contributed by atoms with Crippen LogP contribution in [-0.4, -0.2) is 61.6 Å². The van der Waals surface area contributed by atoms with E-state index in [0.717, 1.165) is 77.6 Å². The molecule has 5 N–H and O–H groups in total. The lowest BCUT2D eigenvalue weighted by molar-refractivity contribution is -0.635. The second-order valence-corrected chi connectivity index (χ2v) is 14.8. The van der Waals surface area contributed by atoms with Crippen LogP contribution >= 0.6 is 22.7 Å². The van der Waals surface area contributed by atoms with Crippen molar-refractivity contribution in [3.8, 4) is 45.3 Å². The average molecular weight is 746 g/mol. The Kier molecular flexibility index (Phi) is 8.17. The molecule has 6 heterocycles. The molecule has 3 aromatic heterocycles. The molecular formula is C38H33N8O5S2+. The Hall–Kier alpha value is -6.03. The number of thiazole rings is 2. The fourth-order valence-corrected chi connectivity index (χ4v) is 8.31. The highest BCUT2D eigenvalue weighted by Gasteiger charge is 2.29. The zero-order valence-electron chi connectivity index (χ0n) is 28.6. The number of nitrogen functional groups attached to an aromatic ring is 2. The topological polar surface area (TPSA) is 168 Å². The van der Waals surface area contributed by atoms with Crippen LogP contribution in [0.25, 0.3) is 42.7 Å². The Labute approximate surface area is 311 Å². The van der Waals surface area contributed by atoms with Crippen LogP contribution in [0.2, 0.25) is 0 Å². The summed E-state index contributed by atoms with van der Waals surface area (Å²) in [4.78, 5) is 13.3. The molecule has 0 saturated heterocycles. The molecule has 0 amide bonds. The highest BCUT2D eigenvalue weighted by atomic mass is 32.1. The van der Waals surface area contributed by atoms with Gasteiger partial charge in [0.05, 0.1) is 32.2 Å². The molecule has 0 bridgehead atoms. The molecule has 0 radical (unpaired) electrons. The van der Waals surface area contributed by atoms with Crippen LogP contribution in [0.5, 0.6) is 23.0 Å². The molecule has 15 heteroatoms. The molecule has 3 aliphatic heterocycles. The van der Waals surface area contributed by atoms with Gasteiger partial charge in [-0.05, 0) is 71.3 Å². The molecule has 0 aliphatic carbocycles. The molecule has 3 aliphatic rings. The van der Waals surface area contributed by atoms with Crippen molar-refractivity contribution in [2.45, 2.75) is 25.7 Å². The zero-order valence-corrected chi connectivity index (χ0v) is 30.2. The minimum Gasteiger partial charge on any atom is -0.454 e. The molecule has 13 nitrogen and oxygen atoms in total. The number of hydrogen-bond donors (Lipinski definition) is 3. The lowest BCUT2D eigenvalue weighted by Crippen LogP contribution is -2.24. The molecule has 2 atom stereocenters. The molecule has 2 unspecified atom stereocenters. The minimum atomic E-state index is -0.817. The number of anilines is 2. The SMILES string of the molecule is CC1N=CC=[N+]1C(O)c1cc(-c2ccc3c(c2)OCO3)c2nc(N)sc2c1.Cn1nccc1Cc1cc(-c2ccc3c(c2)OCO3)c2nc(N)sc2c1. The van der Waals surface area contributed by atoms with Crippen molar-refractivity contribution in [3.05, 3.63) is 89.7 Å². The Morgan fingerprint density at radius 2 is 1.42 bits per heavy atom. The summed E-state index contributed by atoms with van der Waals surface area (Å²) < 4.78 is 27.6. The van der Waals surface area contributed by atoms with Crippen molar-refractivity contribution in [3.63, 3.8) is 0 Å². The van der Waals surface area contributed by atoms with Gasteiger partial charge in [0.1, 0.15) is 0 Å². The number of nitrogens with two attached hydrogens (primary N) is 2. The summed E-state index contributed by atoms with van der Waals surface area (Å²) in [6, 6.07) is 22.0. The predicted molar refractivity (Wildman–Crippen MR) is 206 cm³/mol. The number of ether oxygens (including phenoxy) is 4. The summed E-state index contributed by atoms with van der Waals surface area (Å²) >= 11 is 2.91. The van der Waals surface area contributed by atoms with Gasteiger partial charge < -0.3 is 35.5 Å². The maximum atomic E-state index is 10.9. The smallest absolute Gasteiger partial charge is 0.283 e. The third-order valence-electron chi connectivity index (χ3n) is 9.33. The van der Waals surface area contributed by atoms with Gasteiger partial charge in [-0.25, -0.2) is 15.0 Å². The Balaban J connectivity index is 0.000000141. The number of benzene rings is 4. The highest BCUT2D eigenvalue weighted by molar-refractivity contribution is 7.22. The van der Waals surface area contributed by atoms with Gasteiger partial charge in [0, 0.05) is 43.4 Å². The van der Waals surface area contributed by atoms with Crippen LogP contribution in [0.4, 0.5) is 10.3 Å². The summed E-state index contributed by atoms with van der Waals surface area (Å²) in [6.45, 7) is 2.42. The predicted octanol–water partition coefficient (Wildman–Crippen LogP) is 6.38. The van der Waals surface area contributed by atoms with Crippen molar-refractivity contribution in [2.24, 2.45) is 12.0 Å². The van der Waals surface area contributed by atoms with E-state index in [2.05, 4.69) is 32.2 Å². The molecule has 266 valence electrons. The van der Waals surface area contributed by atoms with Gasteiger partial charge in [-0.2, -0.15) is 9.67 Å². The van der Waals surface area contributed by atoms with Crippen LogP contribution in [0.1, 0.15) is 30.0 Å². The molecule has 53 heavy (non-hydrogen) atoms. The number of hydrogen-bond acceptors (Lipinski definition) is 13. The van der Waals surface area contributed by atoms with E-state index in [0.29, 0.717) is 16.0 Å². The molecular weight excluding hydrogens is 713 g/mol. The number of aromatic nitrogens is 4. The molecule has 0 fully saturated rings. The fourth-order valence-electron chi connectivity index (χ4n) is 6.67. The number of fused-ring (bicyclic) bond motifs is 4. The fraction of sp³-hybridized carbons (Fsp3) is 0.184. The van der Waals surface area contributed by atoms with E-state index in [9.17, 15) is 5.11 Å². The lowest BCUT2D eigenvalue weighted by atomic mass is 9.99. The van der Waals surface area contributed by atoms with Crippen LogP contribution in [0, 0.1) is 0 Å². The van der Waals surface area contributed by atoms with Gasteiger partial charge in [-0.15, -0.1) is 0 Å². The van der Waals surface area contributed by atoms with Gasteiger partial charge in [0.2, 0.25) is 19.8 Å². The molecule has 10 rings (SSSR count). The zero-order chi connectivity index (χ0) is 36.2. The van der Waals surface area contributed by atoms with E-state index in [1.54, 1.807) is 17.0 Å². The Morgan fingerprint density at radius 1 is 0.811 bits per heavy atom. The standard InChI is InChI=1S/C19H17N4O3S.C19H16N4O2S/c1-10-21-4-5-23(10)18(24)12-6-13(17-16(8-12)27-19(20)22-17)11-2-3-14-15(7-11)26-9-25-14;1-23-13(4-5-21-23)6-11-7-14(18-17(8-11)26-19(20)22-18)12-2-3-15-16(9-12)25-10-24-15/h2-8,10,18,24H,9H2,1H3,(H2,20,22);2-5,7-9H,6,10H2,1H3,(H2,20,22)/q+1;. The quantitative estimate of drug-likeness (QED) is 0.163. The van der Waals surface area contributed by atoms with Crippen molar-refractivity contribution < 1.29 is 28.6 Å². The highest BCUT2D eigenvalue weighted by Crippen LogP contribution is 2.42. The van der Waals surface area contributed by atoms with Gasteiger partial charge in [-0.1, -0.05) is 34.8 Å². The monoisotopic (exact) mass is 745 g/mol. The summed E-state index contributed by atoms with van der Waals surface area (Å²) in [5, 5.41) is 16.2. The first-order chi connectivity index (χ1) is 25.8. The number of aliphatic hydroxyl groups is 1. The van der Waals surface area contributed by atoms with Gasteiger partial charge >= 0.3 is 0 Å². The van der Waals surface area contributed by atoms with E-state index >= 15 is 0 Å². The Morgan fingerprint density at radius 3 is 2.00 bits per heavy atom. The van der Waals surface area contributed by atoms with Crippen LogP contribution in [-0.2, 0) is 13.5 Å². The largest absolute Gasteiger partial charge is 0.454 e. The first-order valence-corrected chi connectivity index (χ1v) is 18.4. The Bertz CT molecular complexity index is 2610. The summed E-state index contributed by atoms with van der Waals surface area (Å²) in [7, 11) is 1.96. The average Bonchev–Trinajstić information content (AvgIpc) is 4.01. The number of nitrogens with zero attached hydrogens (tertiary/aromatic N) is 6. The molecule has 0 spiro atoms. The van der Waals surface area contributed by atoms with Crippen LogP contribution in [0.15, 0.2) is 77.9 Å². The lowest BCUT2D eigenvalue weighted by Gasteiger charge is -2.13. The van der Waals surface area contributed by atoms with E-state index in [1.165, 1.54) is 28.2 Å². The maximum Gasteiger partial charge on any atom is 0.283 e.